The minimum absolute atomic E-state index is 0.0479. The average Bonchev–Trinajstić information content (AvgIpc) is 2.83. The lowest BCUT2D eigenvalue weighted by Gasteiger charge is -2.32. The summed E-state index contributed by atoms with van der Waals surface area (Å²) < 4.78 is 33.3. The molecule has 0 aliphatic carbocycles. The van der Waals surface area contributed by atoms with Gasteiger partial charge in [0, 0.05) is 37.9 Å². The highest BCUT2D eigenvalue weighted by molar-refractivity contribution is 7.89. The number of aryl methyl sites for hydroxylation is 1. The van der Waals surface area contributed by atoms with E-state index in [4.69, 9.17) is 4.74 Å². The number of piperidine rings is 1. The van der Waals surface area contributed by atoms with Crippen LogP contribution in [0.5, 0.6) is 5.75 Å². The molecule has 0 aromatic heterocycles. The average molecular weight is 472 g/mol. The van der Waals surface area contributed by atoms with Crippen LogP contribution >= 0.6 is 0 Å². The van der Waals surface area contributed by atoms with E-state index in [1.807, 2.05) is 0 Å². The molecule has 2 aromatic rings. The first-order chi connectivity index (χ1) is 15.8. The first-order valence-electron chi connectivity index (χ1n) is 11.2. The molecule has 176 valence electrons. The summed E-state index contributed by atoms with van der Waals surface area (Å²) in [6.07, 6.45) is 2.78. The van der Waals surface area contributed by atoms with Crippen LogP contribution < -0.4 is 15.0 Å². The number of hydrogen-bond acceptors (Lipinski definition) is 5. The second-order valence-corrected chi connectivity index (χ2v) is 10.4. The summed E-state index contributed by atoms with van der Waals surface area (Å²) in [5, 5.41) is 2.88. The number of carbonyl (C=O) groups excluding carboxylic acids is 2. The molecule has 0 saturated carbocycles. The van der Waals surface area contributed by atoms with Crippen molar-refractivity contribution in [3.05, 3.63) is 48.0 Å². The van der Waals surface area contributed by atoms with E-state index in [1.54, 1.807) is 54.5 Å². The molecule has 2 aromatic carbocycles. The van der Waals surface area contributed by atoms with E-state index in [9.17, 15) is 18.0 Å². The number of rotatable bonds is 5. The van der Waals surface area contributed by atoms with E-state index >= 15 is 0 Å². The van der Waals surface area contributed by atoms with Crippen LogP contribution in [0.25, 0.3) is 0 Å². The Balaban J connectivity index is 1.49. The van der Waals surface area contributed by atoms with Crippen LogP contribution in [-0.2, 0) is 26.0 Å². The van der Waals surface area contributed by atoms with Gasteiger partial charge in [0.25, 0.3) is 0 Å². The molecule has 0 spiro atoms. The van der Waals surface area contributed by atoms with Gasteiger partial charge in [-0.3, -0.25) is 9.59 Å². The third-order valence-corrected chi connectivity index (χ3v) is 8.16. The summed E-state index contributed by atoms with van der Waals surface area (Å²) in [7, 11) is -2.17. The number of fused-ring (bicyclic) bond motifs is 1. The molecule has 0 bridgehead atoms. The van der Waals surface area contributed by atoms with Gasteiger partial charge in [-0.15, -0.1) is 0 Å². The van der Waals surface area contributed by atoms with Gasteiger partial charge in [-0.05, 0) is 73.7 Å². The number of nitrogens with one attached hydrogen (secondary N) is 1. The van der Waals surface area contributed by atoms with E-state index in [1.165, 1.54) is 11.2 Å². The molecular formula is C24H29N3O5S. The largest absolute Gasteiger partial charge is 0.497 e. The fraction of sp³-hybridized carbons (Fsp3) is 0.417. The van der Waals surface area contributed by atoms with Crippen LogP contribution in [-0.4, -0.2) is 51.3 Å². The lowest BCUT2D eigenvalue weighted by atomic mass is 9.98. The molecule has 2 amide bonds. The highest BCUT2D eigenvalue weighted by Gasteiger charge is 2.34. The Bertz CT molecular complexity index is 1150. The summed E-state index contributed by atoms with van der Waals surface area (Å²) in [5.74, 6) is 0.0248. The van der Waals surface area contributed by atoms with Crippen LogP contribution in [0.15, 0.2) is 47.4 Å². The number of carbonyl (C=O) groups is 2. The summed E-state index contributed by atoms with van der Waals surface area (Å²) in [6, 6.07) is 12.0. The minimum atomic E-state index is -3.75. The van der Waals surface area contributed by atoms with Gasteiger partial charge in [0.1, 0.15) is 5.75 Å². The molecule has 1 N–H and O–H groups in total. The van der Waals surface area contributed by atoms with E-state index in [0.717, 1.165) is 24.1 Å². The number of nitrogens with zero attached hydrogens (tertiary/aromatic N) is 2. The van der Waals surface area contributed by atoms with Crippen molar-refractivity contribution in [2.24, 2.45) is 5.92 Å². The van der Waals surface area contributed by atoms with Gasteiger partial charge in [0.2, 0.25) is 21.8 Å². The Labute approximate surface area is 194 Å². The predicted octanol–water partition coefficient (Wildman–Crippen LogP) is 3.03. The van der Waals surface area contributed by atoms with Gasteiger partial charge in [-0.25, -0.2) is 8.42 Å². The fourth-order valence-electron chi connectivity index (χ4n) is 4.50. The second-order valence-electron chi connectivity index (χ2n) is 8.48. The van der Waals surface area contributed by atoms with E-state index in [-0.39, 0.29) is 23.3 Å². The van der Waals surface area contributed by atoms with Gasteiger partial charge >= 0.3 is 0 Å². The standard InChI is InChI=1S/C24H29N3O5S/c1-17(28)27-14-4-5-18-15-22(11-12-23(18)27)33(30,31)26-13-3-6-19(16-26)24(29)25-20-7-9-21(32-2)10-8-20/h7-12,15,19H,3-6,13-14,16H2,1-2H3,(H,25,29)/t19-/m0/s1. The Kier molecular flexibility index (Phi) is 6.71. The van der Waals surface area contributed by atoms with Crippen molar-refractivity contribution in [3.8, 4) is 5.75 Å². The van der Waals surface area contributed by atoms with Crippen molar-refractivity contribution < 1.29 is 22.7 Å². The number of amides is 2. The first kappa shape index (κ1) is 23.3. The highest BCUT2D eigenvalue weighted by Crippen LogP contribution is 2.32. The summed E-state index contributed by atoms with van der Waals surface area (Å²) >= 11 is 0. The fourth-order valence-corrected chi connectivity index (χ4v) is 6.08. The van der Waals surface area contributed by atoms with Gasteiger partial charge < -0.3 is 15.0 Å². The maximum absolute atomic E-state index is 13.4. The second kappa shape index (κ2) is 9.52. The van der Waals surface area contributed by atoms with Crippen molar-refractivity contribution in [1.29, 1.82) is 0 Å². The van der Waals surface area contributed by atoms with E-state index < -0.39 is 15.9 Å². The zero-order valence-corrected chi connectivity index (χ0v) is 19.7. The molecule has 0 radical (unpaired) electrons. The Morgan fingerprint density at radius 2 is 1.82 bits per heavy atom. The molecule has 1 saturated heterocycles. The summed E-state index contributed by atoms with van der Waals surface area (Å²) in [6.45, 7) is 2.68. The van der Waals surface area contributed by atoms with Crippen LogP contribution in [0.4, 0.5) is 11.4 Å². The molecule has 9 heteroatoms. The summed E-state index contributed by atoms with van der Waals surface area (Å²) in [5.41, 5.74) is 2.29. The van der Waals surface area contributed by atoms with Crippen molar-refractivity contribution in [1.82, 2.24) is 4.31 Å². The monoisotopic (exact) mass is 471 g/mol. The van der Waals surface area contributed by atoms with E-state index in [0.29, 0.717) is 37.4 Å². The van der Waals surface area contributed by atoms with Crippen molar-refractivity contribution in [3.63, 3.8) is 0 Å². The quantitative estimate of drug-likeness (QED) is 0.723. The van der Waals surface area contributed by atoms with Gasteiger partial charge in [0.05, 0.1) is 17.9 Å². The van der Waals surface area contributed by atoms with Crippen LogP contribution in [0.2, 0.25) is 0 Å². The number of methoxy groups -OCH3 is 1. The van der Waals surface area contributed by atoms with Gasteiger partial charge in [-0.2, -0.15) is 4.31 Å². The van der Waals surface area contributed by atoms with Crippen LogP contribution in [0, 0.1) is 5.92 Å². The third kappa shape index (κ3) is 4.89. The molecule has 2 aliphatic rings. The molecule has 33 heavy (non-hydrogen) atoms. The number of anilines is 2. The lowest BCUT2D eigenvalue weighted by Crippen LogP contribution is -2.43. The number of ether oxygens (including phenoxy) is 1. The van der Waals surface area contributed by atoms with Crippen molar-refractivity contribution in [2.75, 3.05) is 37.0 Å². The zero-order chi connectivity index (χ0) is 23.6. The number of hydrogen-bond donors (Lipinski definition) is 1. The smallest absolute Gasteiger partial charge is 0.243 e. The maximum Gasteiger partial charge on any atom is 0.243 e. The first-order valence-corrected chi connectivity index (χ1v) is 12.6. The Hall–Kier alpha value is -2.91. The molecule has 2 heterocycles. The molecular weight excluding hydrogens is 442 g/mol. The topological polar surface area (TPSA) is 96.0 Å². The molecule has 2 aliphatic heterocycles. The third-order valence-electron chi connectivity index (χ3n) is 6.30. The molecule has 1 atom stereocenters. The molecule has 8 nitrogen and oxygen atoms in total. The SMILES string of the molecule is COc1ccc(NC(=O)[C@H]2CCCN(S(=O)(=O)c3ccc4c(c3)CCCN4C(C)=O)C2)cc1. The lowest BCUT2D eigenvalue weighted by molar-refractivity contribution is -0.121. The number of benzene rings is 2. The van der Waals surface area contributed by atoms with E-state index in [2.05, 4.69) is 5.32 Å². The Morgan fingerprint density at radius 3 is 2.52 bits per heavy atom. The summed E-state index contributed by atoms with van der Waals surface area (Å²) in [4.78, 5) is 26.6. The maximum atomic E-state index is 13.4. The van der Waals surface area contributed by atoms with Crippen LogP contribution in [0.3, 0.4) is 0 Å². The van der Waals surface area contributed by atoms with Crippen LogP contribution in [0.1, 0.15) is 31.7 Å². The van der Waals surface area contributed by atoms with Gasteiger partial charge in [-0.1, -0.05) is 0 Å². The molecule has 1 fully saturated rings. The molecule has 0 unspecified atom stereocenters. The minimum Gasteiger partial charge on any atom is -0.497 e. The predicted molar refractivity (Wildman–Crippen MR) is 126 cm³/mol. The van der Waals surface area contributed by atoms with Crippen molar-refractivity contribution in [2.45, 2.75) is 37.5 Å². The Morgan fingerprint density at radius 1 is 1.06 bits per heavy atom. The van der Waals surface area contributed by atoms with Gasteiger partial charge in [0.15, 0.2) is 0 Å². The van der Waals surface area contributed by atoms with Crippen molar-refractivity contribution >= 4 is 33.2 Å². The molecule has 4 rings (SSSR count). The normalized spacial score (nSPS) is 19.0. The number of sulfonamides is 1. The zero-order valence-electron chi connectivity index (χ0n) is 18.9. The highest BCUT2D eigenvalue weighted by atomic mass is 32.2.